The smallest absolute Gasteiger partial charge is 0.122 e. The van der Waals surface area contributed by atoms with E-state index in [9.17, 15) is 0 Å². The number of halogens is 1. The number of benzene rings is 2. The van der Waals surface area contributed by atoms with E-state index in [1.54, 1.807) is 14.2 Å². The van der Waals surface area contributed by atoms with E-state index in [-0.39, 0.29) is 0 Å². The molecule has 0 fully saturated rings. The topological polar surface area (TPSA) is 18.5 Å². The van der Waals surface area contributed by atoms with Gasteiger partial charge >= 0.3 is 0 Å². The van der Waals surface area contributed by atoms with Gasteiger partial charge in [-0.2, -0.15) is 0 Å². The summed E-state index contributed by atoms with van der Waals surface area (Å²) >= 11 is 3.36. The van der Waals surface area contributed by atoms with Crippen molar-refractivity contribution < 1.29 is 9.47 Å². The van der Waals surface area contributed by atoms with Crippen molar-refractivity contribution in [2.75, 3.05) is 14.2 Å². The van der Waals surface area contributed by atoms with Gasteiger partial charge in [0.05, 0.1) is 14.2 Å². The van der Waals surface area contributed by atoms with E-state index < -0.39 is 0 Å². The maximum Gasteiger partial charge on any atom is 0.122 e. The first-order valence-corrected chi connectivity index (χ1v) is 6.70. The van der Waals surface area contributed by atoms with Crippen molar-refractivity contribution >= 4 is 15.9 Å². The predicted molar refractivity (Wildman–Crippen MR) is 78.6 cm³/mol. The standard InChI is InChI=1S/C8H10O2.C7H7Br/c1-9-7-4-3-5-8(6-7)10-2;8-6-7-4-2-1-3-5-7/h3-6H,1-2H3;1-5H,6H2. The van der Waals surface area contributed by atoms with Gasteiger partial charge < -0.3 is 9.47 Å². The zero-order valence-corrected chi connectivity index (χ0v) is 12.2. The summed E-state index contributed by atoms with van der Waals surface area (Å²) in [5.74, 6) is 1.64. The lowest BCUT2D eigenvalue weighted by Gasteiger charge is -2.01. The van der Waals surface area contributed by atoms with Crippen LogP contribution in [0.1, 0.15) is 5.56 Å². The minimum Gasteiger partial charge on any atom is -0.497 e. The highest BCUT2D eigenvalue weighted by Crippen LogP contribution is 2.17. The van der Waals surface area contributed by atoms with Gasteiger partial charge in [-0.1, -0.05) is 52.3 Å². The highest BCUT2D eigenvalue weighted by atomic mass is 79.9. The molecular formula is C15H17BrO2. The number of ether oxygens (including phenoxy) is 2. The third kappa shape index (κ3) is 5.23. The van der Waals surface area contributed by atoms with Crippen LogP contribution in [0, 0.1) is 0 Å². The monoisotopic (exact) mass is 308 g/mol. The quantitative estimate of drug-likeness (QED) is 0.788. The number of hydrogen-bond donors (Lipinski definition) is 0. The summed E-state index contributed by atoms with van der Waals surface area (Å²) in [6.07, 6.45) is 0. The highest BCUT2D eigenvalue weighted by molar-refractivity contribution is 9.08. The third-order valence-corrected chi connectivity index (χ3v) is 2.92. The lowest BCUT2D eigenvalue weighted by atomic mass is 10.2. The van der Waals surface area contributed by atoms with E-state index in [0.29, 0.717) is 0 Å². The lowest BCUT2D eigenvalue weighted by molar-refractivity contribution is 0.394. The molecule has 0 amide bonds. The molecule has 0 radical (unpaired) electrons. The molecular weight excluding hydrogens is 292 g/mol. The van der Waals surface area contributed by atoms with Crippen LogP contribution in [0.3, 0.4) is 0 Å². The number of alkyl halides is 1. The van der Waals surface area contributed by atoms with Crippen LogP contribution >= 0.6 is 15.9 Å². The van der Waals surface area contributed by atoms with Crippen molar-refractivity contribution in [2.24, 2.45) is 0 Å². The number of hydrogen-bond acceptors (Lipinski definition) is 2. The maximum atomic E-state index is 4.98. The Balaban J connectivity index is 0.000000184. The molecule has 0 saturated heterocycles. The number of rotatable bonds is 3. The molecule has 0 atom stereocenters. The second-order valence-corrected chi connectivity index (χ2v) is 4.06. The Kier molecular flexibility index (Phi) is 6.96. The molecule has 0 N–H and O–H groups in total. The molecule has 0 aliphatic heterocycles. The van der Waals surface area contributed by atoms with Crippen LogP contribution < -0.4 is 9.47 Å². The summed E-state index contributed by atoms with van der Waals surface area (Å²) in [5.41, 5.74) is 1.33. The van der Waals surface area contributed by atoms with Crippen molar-refractivity contribution in [1.82, 2.24) is 0 Å². The van der Waals surface area contributed by atoms with Gasteiger partial charge in [0.25, 0.3) is 0 Å². The Hall–Kier alpha value is -1.48. The average molecular weight is 309 g/mol. The molecule has 2 aromatic rings. The van der Waals surface area contributed by atoms with E-state index in [0.717, 1.165) is 16.8 Å². The fraction of sp³-hybridized carbons (Fsp3) is 0.200. The van der Waals surface area contributed by atoms with Gasteiger partial charge in [-0.25, -0.2) is 0 Å². The third-order valence-electron chi connectivity index (χ3n) is 2.27. The fourth-order valence-corrected chi connectivity index (χ4v) is 1.67. The summed E-state index contributed by atoms with van der Waals surface area (Å²) in [6, 6.07) is 17.8. The normalized spacial score (nSPS) is 9.06. The first-order chi connectivity index (χ1) is 8.80. The molecule has 2 nitrogen and oxygen atoms in total. The van der Waals surface area contributed by atoms with Crippen molar-refractivity contribution in [3.8, 4) is 11.5 Å². The largest absolute Gasteiger partial charge is 0.497 e. The minimum absolute atomic E-state index is 0.819. The average Bonchev–Trinajstić information content (AvgIpc) is 2.48. The van der Waals surface area contributed by atoms with Crippen molar-refractivity contribution in [1.29, 1.82) is 0 Å². The van der Waals surface area contributed by atoms with Gasteiger partial charge in [0.15, 0.2) is 0 Å². The maximum absolute atomic E-state index is 4.98. The zero-order chi connectivity index (χ0) is 13.2. The van der Waals surface area contributed by atoms with E-state index in [1.807, 2.05) is 42.5 Å². The van der Waals surface area contributed by atoms with E-state index in [4.69, 9.17) is 9.47 Å². The molecule has 96 valence electrons. The Morgan fingerprint density at radius 1 is 0.833 bits per heavy atom. The first-order valence-electron chi connectivity index (χ1n) is 5.58. The van der Waals surface area contributed by atoms with Crippen LogP contribution in [-0.4, -0.2) is 14.2 Å². The highest BCUT2D eigenvalue weighted by Gasteiger charge is 1.91. The SMILES string of the molecule is BrCc1ccccc1.COc1cccc(OC)c1. The predicted octanol–water partition coefficient (Wildman–Crippen LogP) is 4.29. The molecule has 0 heterocycles. The summed E-state index contributed by atoms with van der Waals surface area (Å²) in [6.45, 7) is 0. The van der Waals surface area contributed by atoms with E-state index in [2.05, 4.69) is 28.1 Å². The molecule has 0 spiro atoms. The van der Waals surface area contributed by atoms with Gasteiger partial charge in [0, 0.05) is 11.4 Å². The van der Waals surface area contributed by atoms with Gasteiger partial charge in [0.1, 0.15) is 11.5 Å². The lowest BCUT2D eigenvalue weighted by Crippen LogP contribution is -1.84. The second kappa shape index (κ2) is 8.59. The molecule has 0 bridgehead atoms. The summed E-state index contributed by atoms with van der Waals surface area (Å²) < 4.78 is 9.95. The Labute approximate surface area is 117 Å². The second-order valence-electron chi connectivity index (χ2n) is 3.50. The molecule has 2 aromatic carbocycles. The molecule has 18 heavy (non-hydrogen) atoms. The number of methoxy groups -OCH3 is 2. The first kappa shape index (κ1) is 14.6. The zero-order valence-electron chi connectivity index (χ0n) is 10.6. The van der Waals surface area contributed by atoms with E-state index in [1.165, 1.54) is 5.56 Å². The Morgan fingerprint density at radius 3 is 1.78 bits per heavy atom. The van der Waals surface area contributed by atoms with Crippen LogP contribution in [0.15, 0.2) is 54.6 Å². The van der Waals surface area contributed by atoms with Crippen molar-refractivity contribution in [2.45, 2.75) is 5.33 Å². The molecule has 2 rings (SSSR count). The molecule has 0 unspecified atom stereocenters. The van der Waals surface area contributed by atoms with E-state index >= 15 is 0 Å². The summed E-state index contributed by atoms with van der Waals surface area (Å²) in [4.78, 5) is 0. The Morgan fingerprint density at radius 2 is 1.39 bits per heavy atom. The van der Waals surface area contributed by atoms with Crippen molar-refractivity contribution in [3.63, 3.8) is 0 Å². The molecule has 0 aliphatic carbocycles. The van der Waals surface area contributed by atoms with Gasteiger partial charge in [-0.05, 0) is 17.7 Å². The summed E-state index contributed by atoms with van der Waals surface area (Å²) in [7, 11) is 3.27. The van der Waals surface area contributed by atoms with Crippen LogP contribution in [0.5, 0.6) is 11.5 Å². The summed E-state index contributed by atoms with van der Waals surface area (Å²) in [5, 5.41) is 0.952. The van der Waals surface area contributed by atoms with Crippen LogP contribution in [0.4, 0.5) is 0 Å². The fourth-order valence-electron chi connectivity index (χ4n) is 1.30. The Bertz CT molecular complexity index is 424. The van der Waals surface area contributed by atoms with Gasteiger partial charge in [-0.15, -0.1) is 0 Å². The molecule has 0 saturated carbocycles. The molecule has 0 aliphatic rings. The van der Waals surface area contributed by atoms with Gasteiger partial charge in [0.2, 0.25) is 0 Å². The molecule has 3 heteroatoms. The van der Waals surface area contributed by atoms with Crippen molar-refractivity contribution in [3.05, 3.63) is 60.2 Å². The minimum atomic E-state index is 0.819. The van der Waals surface area contributed by atoms with Crippen LogP contribution in [-0.2, 0) is 5.33 Å². The van der Waals surface area contributed by atoms with Crippen LogP contribution in [0.2, 0.25) is 0 Å². The molecule has 0 aromatic heterocycles. The van der Waals surface area contributed by atoms with Gasteiger partial charge in [-0.3, -0.25) is 0 Å². The van der Waals surface area contributed by atoms with Crippen LogP contribution in [0.25, 0.3) is 0 Å².